The zero-order valence-electron chi connectivity index (χ0n) is 20.5. The Kier molecular flexibility index (Phi) is 9.91. The molecule has 0 aliphatic heterocycles. The first kappa shape index (κ1) is 28.7. The van der Waals surface area contributed by atoms with Crippen molar-refractivity contribution in [3.05, 3.63) is 70.9 Å². The van der Waals surface area contributed by atoms with Gasteiger partial charge in [0.1, 0.15) is 24.1 Å². The Morgan fingerprint density at radius 2 is 1.87 bits per heavy atom. The van der Waals surface area contributed by atoms with Crippen LogP contribution >= 0.6 is 11.6 Å². The molecule has 0 radical (unpaired) electrons. The van der Waals surface area contributed by atoms with Gasteiger partial charge in [0.25, 0.3) is 0 Å². The predicted molar refractivity (Wildman–Crippen MR) is 137 cm³/mol. The number of carbonyl (C=O) groups is 3. The Morgan fingerprint density at radius 3 is 2.63 bits per heavy atom. The molecule has 2 aromatic carbocycles. The van der Waals surface area contributed by atoms with Gasteiger partial charge in [0.15, 0.2) is 0 Å². The van der Waals surface area contributed by atoms with Gasteiger partial charge in [-0.3, -0.25) is 14.9 Å². The maximum Gasteiger partial charge on any atom is 0.412 e. The van der Waals surface area contributed by atoms with Crippen molar-refractivity contribution in [1.82, 2.24) is 15.6 Å². The molecule has 3 amide bonds. The van der Waals surface area contributed by atoms with E-state index in [0.717, 1.165) is 0 Å². The summed E-state index contributed by atoms with van der Waals surface area (Å²) in [6.07, 6.45) is 0.895. The molecule has 0 spiro atoms. The summed E-state index contributed by atoms with van der Waals surface area (Å²) < 4.78 is 32.4. The summed E-state index contributed by atoms with van der Waals surface area (Å²) in [5, 5.41) is 17.7. The monoisotopic (exact) mass is 548 g/mol. The number of aromatic nitrogens is 1. The highest BCUT2D eigenvalue weighted by Gasteiger charge is 2.33. The third kappa shape index (κ3) is 7.83. The van der Waals surface area contributed by atoms with Crippen molar-refractivity contribution in [2.24, 2.45) is 5.41 Å². The van der Waals surface area contributed by atoms with Crippen LogP contribution in [0.5, 0.6) is 0 Å². The summed E-state index contributed by atoms with van der Waals surface area (Å²) in [6, 6.07) is 9.93. The molecule has 1 atom stereocenters. The predicted octanol–water partition coefficient (Wildman–Crippen LogP) is 3.93. The lowest BCUT2D eigenvalue weighted by Crippen LogP contribution is -2.42. The minimum absolute atomic E-state index is 0.0381. The molecule has 1 unspecified atom stereocenters. The number of halogens is 3. The first-order valence-corrected chi connectivity index (χ1v) is 12.1. The van der Waals surface area contributed by atoms with Gasteiger partial charge in [0.2, 0.25) is 11.8 Å². The van der Waals surface area contributed by atoms with Crippen LogP contribution in [-0.2, 0) is 20.9 Å². The maximum absolute atomic E-state index is 13.7. The number of nitrogens with one attached hydrogen (secondary N) is 3. The Hall–Kier alpha value is -3.83. The first-order chi connectivity index (χ1) is 18.1. The first-order valence-electron chi connectivity index (χ1n) is 11.7. The SMILES string of the molecule is CC(CCNC(=O)CO)(CCOC(=O)Nc1cc2cc(F)ccc2cn1)C(=O)NCc1cccc(F)c1Cl. The van der Waals surface area contributed by atoms with E-state index in [4.69, 9.17) is 21.4 Å². The van der Waals surface area contributed by atoms with Crippen molar-refractivity contribution in [1.29, 1.82) is 0 Å². The molecule has 0 aliphatic carbocycles. The van der Waals surface area contributed by atoms with Crippen molar-refractivity contribution in [2.45, 2.75) is 26.3 Å². The molecule has 3 rings (SSSR count). The fourth-order valence-corrected chi connectivity index (χ4v) is 3.84. The van der Waals surface area contributed by atoms with Crippen LogP contribution in [0.25, 0.3) is 10.8 Å². The number of pyridine rings is 1. The van der Waals surface area contributed by atoms with Gasteiger partial charge < -0.3 is 20.5 Å². The van der Waals surface area contributed by atoms with Gasteiger partial charge >= 0.3 is 6.09 Å². The molecule has 38 heavy (non-hydrogen) atoms. The highest BCUT2D eigenvalue weighted by molar-refractivity contribution is 6.31. The van der Waals surface area contributed by atoms with Crippen molar-refractivity contribution < 1.29 is 33.0 Å². The van der Waals surface area contributed by atoms with E-state index in [1.165, 1.54) is 36.5 Å². The number of hydrogen-bond donors (Lipinski definition) is 4. The van der Waals surface area contributed by atoms with Crippen LogP contribution in [0.15, 0.2) is 48.7 Å². The van der Waals surface area contributed by atoms with E-state index < -0.39 is 41.6 Å². The third-order valence-electron chi connectivity index (χ3n) is 5.96. The molecule has 1 aromatic heterocycles. The number of hydrogen-bond acceptors (Lipinski definition) is 6. The zero-order chi connectivity index (χ0) is 27.7. The van der Waals surface area contributed by atoms with Crippen molar-refractivity contribution in [3.63, 3.8) is 0 Å². The van der Waals surface area contributed by atoms with Crippen LogP contribution < -0.4 is 16.0 Å². The summed E-state index contributed by atoms with van der Waals surface area (Å²) in [4.78, 5) is 40.9. The zero-order valence-corrected chi connectivity index (χ0v) is 21.3. The van der Waals surface area contributed by atoms with Crippen LogP contribution in [-0.4, -0.2) is 47.8 Å². The molecule has 12 heteroatoms. The Morgan fingerprint density at radius 1 is 1.08 bits per heavy atom. The minimum atomic E-state index is -1.11. The normalized spacial score (nSPS) is 12.4. The lowest BCUT2D eigenvalue weighted by molar-refractivity contribution is -0.132. The summed E-state index contributed by atoms with van der Waals surface area (Å²) in [5.74, 6) is -1.91. The van der Waals surface area contributed by atoms with E-state index in [0.29, 0.717) is 16.3 Å². The topological polar surface area (TPSA) is 130 Å². The van der Waals surface area contributed by atoms with Crippen molar-refractivity contribution in [2.75, 3.05) is 25.1 Å². The molecule has 9 nitrogen and oxygen atoms in total. The molecule has 0 bridgehead atoms. The number of nitrogens with zero attached hydrogens (tertiary/aromatic N) is 1. The lowest BCUT2D eigenvalue weighted by atomic mass is 9.82. The molecule has 0 saturated carbocycles. The molecular weight excluding hydrogens is 522 g/mol. The van der Waals surface area contributed by atoms with Crippen LogP contribution in [0.1, 0.15) is 25.3 Å². The Balaban J connectivity index is 1.60. The van der Waals surface area contributed by atoms with Gasteiger partial charge in [-0.1, -0.05) is 30.7 Å². The van der Waals surface area contributed by atoms with E-state index in [1.54, 1.807) is 19.1 Å². The molecule has 4 N–H and O–H groups in total. The average Bonchev–Trinajstić information content (AvgIpc) is 2.88. The summed E-state index contributed by atoms with van der Waals surface area (Å²) in [5.41, 5.74) is -0.726. The van der Waals surface area contributed by atoms with Crippen LogP contribution in [0.4, 0.5) is 19.4 Å². The van der Waals surface area contributed by atoms with Gasteiger partial charge in [-0.2, -0.15) is 0 Å². The molecule has 0 saturated heterocycles. The summed E-state index contributed by atoms with van der Waals surface area (Å²) in [6.45, 7) is 0.811. The third-order valence-corrected chi connectivity index (χ3v) is 6.39. The highest BCUT2D eigenvalue weighted by atomic mass is 35.5. The van der Waals surface area contributed by atoms with Crippen LogP contribution in [0.2, 0.25) is 5.02 Å². The number of ether oxygens (including phenoxy) is 1. The Bertz CT molecular complexity index is 1330. The van der Waals surface area contributed by atoms with E-state index >= 15 is 0 Å². The number of anilines is 1. The number of benzene rings is 2. The van der Waals surface area contributed by atoms with Gasteiger partial charge in [-0.05, 0) is 54.1 Å². The van der Waals surface area contributed by atoms with Crippen LogP contribution in [0, 0.1) is 17.0 Å². The number of amides is 3. The number of fused-ring (bicyclic) bond motifs is 1. The second-order valence-corrected chi connectivity index (χ2v) is 9.16. The second kappa shape index (κ2) is 13.1. The summed E-state index contributed by atoms with van der Waals surface area (Å²) >= 11 is 5.96. The molecule has 0 aliphatic rings. The maximum atomic E-state index is 13.7. The number of rotatable bonds is 11. The van der Waals surface area contributed by atoms with Crippen LogP contribution in [0.3, 0.4) is 0 Å². The van der Waals surface area contributed by atoms with Crippen molar-refractivity contribution >= 4 is 46.1 Å². The molecule has 1 heterocycles. The smallest absolute Gasteiger partial charge is 0.412 e. The quantitative estimate of drug-likeness (QED) is 0.287. The molecule has 3 aromatic rings. The second-order valence-electron chi connectivity index (χ2n) is 8.79. The van der Waals surface area contributed by atoms with Gasteiger partial charge in [-0.15, -0.1) is 0 Å². The molecule has 202 valence electrons. The van der Waals surface area contributed by atoms with Gasteiger partial charge in [-0.25, -0.2) is 18.6 Å². The van der Waals surface area contributed by atoms with E-state index in [1.807, 2.05) is 0 Å². The largest absolute Gasteiger partial charge is 0.449 e. The molecular formula is C26H27ClF2N4O5. The number of aliphatic hydroxyl groups is 1. The van der Waals surface area contributed by atoms with Gasteiger partial charge in [0, 0.05) is 24.7 Å². The lowest BCUT2D eigenvalue weighted by Gasteiger charge is -2.28. The summed E-state index contributed by atoms with van der Waals surface area (Å²) in [7, 11) is 0. The van der Waals surface area contributed by atoms with E-state index in [2.05, 4.69) is 20.9 Å². The van der Waals surface area contributed by atoms with Crippen molar-refractivity contribution in [3.8, 4) is 0 Å². The highest BCUT2D eigenvalue weighted by Crippen LogP contribution is 2.27. The Labute approximate surface area is 222 Å². The van der Waals surface area contributed by atoms with Gasteiger partial charge in [0.05, 0.1) is 17.0 Å². The van der Waals surface area contributed by atoms with E-state index in [-0.39, 0.29) is 43.4 Å². The number of carbonyl (C=O) groups excluding carboxylic acids is 3. The standard InChI is InChI=1S/C26H27ClF2N4O5/c1-26(7-9-30-22(35)15-34,24(36)32-14-17-3-2-4-20(29)23(17)27)8-10-38-25(37)33-21-12-18-11-19(28)6-5-16(18)13-31-21/h2-6,11-13,34H,7-10,14-15H2,1H3,(H,30,35)(H,32,36)(H,31,33,37). The average molecular weight is 549 g/mol. The molecule has 0 fully saturated rings. The fourth-order valence-electron chi connectivity index (χ4n) is 3.65. The minimum Gasteiger partial charge on any atom is -0.449 e. The fraction of sp³-hybridized carbons (Fsp3) is 0.308. The van der Waals surface area contributed by atoms with E-state index in [9.17, 15) is 23.2 Å². The number of aliphatic hydroxyl groups excluding tert-OH is 1.